The van der Waals surface area contributed by atoms with Crippen LogP contribution in [-0.2, 0) is 54.7 Å². The quantitative estimate of drug-likeness (QED) is 0.0637. The van der Waals surface area contributed by atoms with Gasteiger partial charge in [0, 0.05) is 43.7 Å². The molecular formula is C63H90BBr5NS5. The summed E-state index contributed by atoms with van der Waals surface area (Å²) in [7, 11) is 3.37. The minimum atomic E-state index is -2.83. The molecule has 415 valence electrons. The predicted molar refractivity (Wildman–Crippen MR) is 348 cm³/mol. The van der Waals surface area contributed by atoms with E-state index < -0.39 is 134 Å². The third kappa shape index (κ3) is 36.8. The first-order chi connectivity index (χ1) is 49.8. The molecule has 0 amide bonds. The molecule has 5 fully saturated rings. The molecule has 0 N–H and O–H groups in total. The summed E-state index contributed by atoms with van der Waals surface area (Å²) in [4.78, 5) is 0. The van der Waals surface area contributed by atoms with Gasteiger partial charge >= 0.3 is 24.8 Å². The van der Waals surface area contributed by atoms with Gasteiger partial charge in [0.15, 0.2) is 0 Å². The molecular weight excluding hydrogens is 1340 g/mol. The number of alkyl halides is 2. The molecule has 4 saturated heterocycles. The molecule has 5 aliphatic rings. The van der Waals surface area contributed by atoms with Crippen molar-refractivity contribution in [3.05, 3.63) is 183 Å². The number of nitrogens with zero attached hydrogens (tertiary/aromatic N) is 1. The molecule has 4 heterocycles. The molecule has 0 spiro atoms. The molecule has 10 rings (SSSR count). The van der Waals surface area contributed by atoms with E-state index in [1.165, 1.54) is 84.1 Å². The average Bonchev–Trinajstić information content (AvgIpc) is 1.19. The van der Waals surface area contributed by atoms with Crippen molar-refractivity contribution in [2.45, 2.75) is 146 Å². The van der Waals surface area contributed by atoms with Crippen molar-refractivity contribution < 1.29 is 102 Å². The molecule has 75 heavy (non-hydrogen) atoms. The molecule has 1 radical (unpaired) electrons. The normalized spacial score (nSPS) is 24.4. The fraction of sp³-hybridized carbons (Fsp3) is 0.492. The van der Waals surface area contributed by atoms with Gasteiger partial charge in [0.1, 0.15) is 51.2 Å². The van der Waals surface area contributed by atoms with Crippen LogP contribution in [0.4, 0.5) is 0 Å². The average molecular weight is 1470 g/mol. The number of allylic oxidation sites excluding steroid dienone is 1. The van der Waals surface area contributed by atoms with Crippen molar-refractivity contribution in [2.24, 2.45) is 4.30 Å². The maximum absolute atomic E-state index is 8.89. The summed E-state index contributed by atoms with van der Waals surface area (Å²) in [5, 5.41) is -6.17. The molecule has 1 unspecified atom stereocenters. The zero-order valence-corrected chi connectivity index (χ0v) is 54.7. The van der Waals surface area contributed by atoms with Crippen LogP contribution in [0.15, 0.2) is 131 Å². The van der Waals surface area contributed by atoms with Gasteiger partial charge in [0.05, 0.1) is 34.3 Å². The minimum Gasteiger partial charge on any atom is -1.00 e. The molecule has 5 aromatic carbocycles. The van der Waals surface area contributed by atoms with E-state index >= 15 is 0 Å². The summed E-state index contributed by atoms with van der Waals surface area (Å²) >= 11 is 10.6. The van der Waals surface area contributed by atoms with Crippen LogP contribution in [0.1, 0.15) is 202 Å². The molecule has 1 saturated carbocycles. The molecule has 4 aliphatic heterocycles. The molecule has 0 bridgehead atoms. The Morgan fingerprint density at radius 1 is 0.613 bits per heavy atom. The maximum atomic E-state index is 8.89. The van der Waals surface area contributed by atoms with Gasteiger partial charge in [0.2, 0.25) is 0 Å². The fourth-order valence-corrected chi connectivity index (χ4v) is 14.0. The van der Waals surface area contributed by atoms with E-state index in [2.05, 4.69) is 68.4 Å². The maximum Gasteiger partial charge on any atom is -1.00 e. The second kappa shape index (κ2) is 48.6. The first-order valence-electron chi connectivity index (χ1n) is 41.9. The SMILES string of the molecule is C1CC1.C1CCSC1.[2H]/C(C)=C(/[2H])c1c([2H])c([2H])c(C)c([2H])c1[2H].[2H]c1c([2H])c(C([2H])([2H])Br)c([2H])c([2H])c1C([2H])([2H])Br.[2H]c1c([2H])c(C([2H])([2H])[2H])c([2H])c([2H])c1C([2H])([2H])[2H].[2H]c1c([2H])c(C([2H])([2H])[S+]2CCCC2)c([2H])c([2H])c1C[S+]1CCCC1.[2H]c1c([2H])c(C([2H])([S+]2CCCC2)C([2H])([2H])C)c([2H])c([2H])c1C.[B]=NS.[Br-].[Br-].[Br-]. The summed E-state index contributed by atoms with van der Waals surface area (Å²) in [6.07, 6.45) is 11.7. The van der Waals surface area contributed by atoms with Crippen LogP contribution in [0.3, 0.4) is 0 Å². The van der Waals surface area contributed by atoms with Crippen LogP contribution >= 0.6 is 56.4 Å². The van der Waals surface area contributed by atoms with Gasteiger partial charge in [-0.05, 0) is 153 Å². The number of halogens is 5. The second-order valence-electron chi connectivity index (χ2n) is 15.7. The molecule has 1 aliphatic carbocycles. The number of thiol groups is 1. The van der Waals surface area contributed by atoms with E-state index in [0.717, 1.165) is 48.7 Å². The largest absolute Gasteiger partial charge is 1.00 e. The molecule has 0 aromatic heterocycles. The number of thioether (sulfide) groups is 1. The Morgan fingerprint density at radius 2 is 1.00 bits per heavy atom. The van der Waals surface area contributed by atoms with Gasteiger partial charge in [-0.25, -0.2) is 0 Å². The second-order valence-corrected chi connectivity index (χ2v) is 24.5. The summed E-state index contributed by atoms with van der Waals surface area (Å²) in [5.41, 5.74) is -3.37. The van der Waals surface area contributed by atoms with Crippen LogP contribution in [0, 0.1) is 27.6 Å². The van der Waals surface area contributed by atoms with Gasteiger partial charge in [-0.1, -0.05) is 213 Å². The Labute approximate surface area is 579 Å². The fourth-order valence-electron chi connectivity index (χ4n) is 5.98. The van der Waals surface area contributed by atoms with Crippen molar-refractivity contribution in [2.75, 3.05) is 46.0 Å². The van der Waals surface area contributed by atoms with Gasteiger partial charge in [-0.2, -0.15) is 11.8 Å². The first-order valence-corrected chi connectivity index (χ1v) is 31.4. The van der Waals surface area contributed by atoms with E-state index in [4.69, 9.17) is 50.7 Å². The van der Waals surface area contributed by atoms with Crippen LogP contribution in [0.2, 0.25) is 0 Å². The van der Waals surface area contributed by atoms with Gasteiger partial charge in [-0.3, -0.25) is 0 Å². The van der Waals surface area contributed by atoms with E-state index in [1.807, 2.05) is 0 Å². The zero-order valence-electron chi connectivity index (χ0n) is 79.6. The van der Waals surface area contributed by atoms with E-state index in [0.29, 0.717) is 22.8 Å². The predicted octanol–water partition coefficient (Wildman–Crippen LogP) is 10.1. The van der Waals surface area contributed by atoms with E-state index in [9.17, 15) is 0 Å². The Hall–Kier alpha value is -0.145. The summed E-state index contributed by atoms with van der Waals surface area (Å²) in [6, 6.07) is -8.09. The third-order valence-corrected chi connectivity index (χ3v) is 18.5. The van der Waals surface area contributed by atoms with E-state index in [-0.39, 0.29) is 174 Å². The number of rotatable bonds is 10. The minimum absolute atomic E-state index is 0. The Morgan fingerprint density at radius 3 is 1.37 bits per heavy atom. The van der Waals surface area contributed by atoms with Crippen LogP contribution in [-0.4, -0.2) is 53.7 Å². The monoisotopic (exact) mass is 1460 g/mol. The van der Waals surface area contributed by atoms with Gasteiger partial charge in [-0.15, -0.1) is 0 Å². The summed E-state index contributed by atoms with van der Waals surface area (Å²) in [5.74, 6) is 8.69. The first kappa shape index (κ1) is 33.2. The molecule has 1 nitrogen and oxygen atoms in total. The van der Waals surface area contributed by atoms with Gasteiger partial charge < -0.3 is 50.9 Å². The smallest absolute Gasteiger partial charge is 1.00 e. The third-order valence-electron chi connectivity index (χ3n) is 9.56. The van der Waals surface area contributed by atoms with Crippen LogP contribution < -0.4 is 50.9 Å². The summed E-state index contributed by atoms with van der Waals surface area (Å²) < 4.78 is 290. The Bertz CT molecular complexity index is 3700. The topological polar surface area (TPSA) is 12.4 Å². The number of hydrogen-bond acceptors (Lipinski definition) is 3. The summed E-state index contributed by atoms with van der Waals surface area (Å²) in [6.45, 7) is 0.0751. The number of hydrogen-bond donors (Lipinski definition) is 1. The van der Waals surface area contributed by atoms with Crippen molar-refractivity contribution >= 4 is 103 Å². The molecule has 1 atom stereocenters. The molecule has 5 aromatic rings. The van der Waals surface area contributed by atoms with Crippen LogP contribution in [0.25, 0.3) is 6.05 Å². The van der Waals surface area contributed by atoms with Crippen LogP contribution in [0.5, 0.6) is 0 Å². The molecule has 12 heteroatoms. The van der Waals surface area contributed by atoms with E-state index in [1.54, 1.807) is 0 Å². The van der Waals surface area contributed by atoms with Crippen molar-refractivity contribution in [3.8, 4) is 0 Å². The van der Waals surface area contributed by atoms with Crippen molar-refractivity contribution in [1.82, 2.24) is 0 Å². The number of benzene rings is 5. The standard InChI is InChI=1S/C16H24S2.C14H21S.C10H12.C8H8Br2.C8H10.C4H8S.C3H6.BHNS.3BrH/c1-2-10-17(9-1)13-15-5-7-16(8-6-15)14-18-11-3-4-12-18;1-3-14(15-10-4-5-11-15)13-8-6-12(2)7-9-13;1-3-4-10-7-5-9(2)6-8-10;9-5-7-1-2-8(6-10)4-3-7;1-7-3-5-8(2)6-4-7;1-2-4-5-3-1;1-2-3-1;1-2-3;;;/h5-8H,1-4,9-14H2;6-9,14H,3-5,10-11H2,1-2H3;3-8H,1-2H3;1-4H,5-6H2;3-6H,1-2H3;1-4H2;1-3H2;3H;3*1H/q+2;+1;;;;;;;;;/p-3/b;;4-3+;;;;;;;;/i5D,6D,7D,8D,13D2;3D2,6D,7D,8D,9D,14D;3D,4D,5D,6D,7D,8D;1D,2D,3D,4D,5D2,6D2;1D3,2D3,3D,4D,5D,6D;;;;;;. The Kier molecular flexibility index (Phi) is 21.5. The van der Waals surface area contributed by atoms with Crippen molar-refractivity contribution in [3.63, 3.8) is 0 Å². The van der Waals surface area contributed by atoms with Crippen molar-refractivity contribution in [1.29, 1.82) is 0 Å². The van der Waals surface area contributed by atoms with Gasteiger partial charge in [0.25, 0.3) is 0 Å². The zero-order chi connectivity index (χ0) is 84.3. The Balaban J connectivity index is 0.00000132.